The molecule has 0 radical (unpaired) electrons. The van der Waals surface area contributed by atoms with E-state index in [2.05, 4.69) is 25.2 Å². The molecule has 0 saturated carbocycles. The van der Waals surface area contributed by atoms with Gasteiger partial charge in [-0.2, -0.15) is 0 Å². The summed E-state index contributed by atoms with van der Waals surface area (Å²) in [6, 6.07) is 15.5. The van der Waals surface area contributed by atoms with Gasteiger partial charge in [-0.05, 0) is 41.2 Å². The Hall–Kier alpha value is -2.33. The summed E-state index contributed by atoms with van der Waals surface area (Å²) in [6.45, 7) is 4.88. The van der Waals surface area contributed by atoms with Crippen molar-refractivity contribution in [1.82, 2.24) is 5.32 Å². The quantitative estimate of drug-likeness (QED) is 0.783. The Morgan fingerprint density at radius 2 is 1.83 bits per heavy atom. The molecular formula is C20H25NO3. The second-order valence-electron chi connectivity index (χ2n) is 6.09. The number of hydrogen-bond acceptors (Lipinski definition) is 3. The zero-order chi connectivity index (χ0) is 17.4. The van der Waals surface area contributed by atoms with Crippen LogP contribution in [0.3, 0.4) is 0 Å². The number of aliphatic hydroxyl groups excluding tert-OH is 1. The molecule has 0 saturated heterocycles. The van der Waals surface area contributed by atoms with Gasteiger partial charge in [0.05, 0.1) is 6.61 Å². The highest BCUT2D eigenvalue weighted by atomic mass is 16.5. The average Bonchev–Trinajstić information content (AvgIpc) is 2.61. The molecule has 0 unspecified atom stereocenters. The standard InChI is InChI=1S/C20H25NO3/c1-15(2)18-4-3-5-19(12-18)24-14-20(23)21-11-10-16-6-8-17(13-22)9-7-16/h3-9,12,15,22H,10-11,13-14H2,1-2H3,(H,21,23). The van der Waals surface area contributed by atoms with Crippen LogP contribution in [0, 0.1) is 0 Å². The van der Waals surface area contributed by atoms with E-state index in [0.717, 1.165) is 23.3 Å². The predicted molar refractivity (Wildman–Crippen MR) is 95.1 cm³/mol. The molecule has 4 nitrogen and oxygen atoms in total. The van der Waals surface area contributed by atoms with Crippen LogP contribution in [0.15, 0.2) is 48.5 Å². The van der Waals surface area contributed by atoms with Gasteiger partial charge in [-0.3, -0.25) is 4.79 Å². The Kier molecular flexibility index (Phi) is 6.82. The molecule has 0 spiro atoms. The largest absolute Gasteiger partial charge is 0.484 e. The summed E-state index contributed by atoms with van der Waals surface area (Å²) in [7, 11) is 0. The molecule has 4 heteroatoms. The van der Waals surface area contributed by atoms with E-state index >= 15 is 0 Å². The summed E-state index contributed by atoms with van der Waals surface area (Å²) in [4.78, 5) is 11.9. The van der Waals surface area contributed by atoms with Crippen LogP contribution < -0.4 is 10.1 Å². The fourth-order valence-corrected chi connectivity index (χ4v) is 2.32. The van der Waals surface area contributed by atoms with E-state index in [1.165, 1.54) is 5.56 Å². The smallest absolute Gasteiger partial charge is 0.257 e. The van der Waals surface area contributed by atoms with Crippen LogP contribution in [0.5, 0.6) is 5.75 Å². The number of carbonyl (C=O) groups excluding carboxylic acids is 1. The van der Waals surface area contributed by atoms with E-state index in [9.17, 15) is 4.79 Å². The van der Waals surface area contributed by atoms with Crippen LogP contribution in [0.2, 0.25) is 0 Å². The number of benzene rings is 2. The number of carbonyl (C=O) groups is 1. The molecule has 2 aromatic rings. The summed E-state index contributed by atoms with van der Waals surface area (Å²) >= 11 is 0. The Morgan fingerprint density at radius 1 is 1.12 bits per heavy atom. The lowest BCUT2D eigenvalue weighted by atomic mass is 10.0. The molecule has 0 heterocycles. The summed E-state index contributed by atoms with van der Waals surface area (Å²) < 4.78 is 5.55. The average molecular weight is 327 g/mol. The van der Waals surface area contributed by atoms with Gasteiger partial charge in [0.15, 0.2) is 6.61 Å². The molecule has 0 aliphatic carbocycles. The third-order valence-electron chi connectivity index (χ3n) is 3.84. The van der Waals surface area contributed by atoms with Crippen LogP contribution >= 0.6 is 0 Å². The molecule has 0 bridgehead atoms. The van der Waals surface area contributed by atoms with Gasteiger partial charge in [-0.1, -0.05) is 50.2 Å². The topological polar surface area (TPSA) is 58.6 Å². The monoisotopic (exact) mass is 327 g/mol. The third kappa shape index (κ3) is 5.70. The van der Waals surface area contributed by atoms with Crippen molar-refractivity contribution in [2.45, 2.75) is 32.8 Å². The number of nitrogens with one attached hydrogen (secondary N) is 1. The van der Waals surface area contributed by atoms with Crippen molar-refractivity contribution in [2.75, 3.05) is 13.2 Å². The van der Waals surface area contributed by atoms with Crippen molar-refractivity contribution in [3.8, 4) is 5.75 Å². The molecule has 2 rings (SSSR count). The van der Waals surface area contributed by atoms with Crippen molar-refractivity contribution in [1.29, 1.82) is 0 Å². The number of aliphatic hydroxyl groups is 1. The van der Waals surface area contributed by atoms with E-state index in [4.69, 9.17) is 9.84 Å². The Balaban J connectivity index is 1.72. The summed E-state index contributed by atoms with van der Waals surface area (Å²) in [5.41, 5.74) is 3.21. The molecule has 0 aromatic heterocycles. The van der Waals surface area contributed by atoms with E-state index < -0.39 is 0 Å². The number of rotatable bonds is 8. The predicted octanol–water partition coefficient (Wildman–Crippen LogP) is 3.04. The first kappa shape index (κ1) is 18.0. The molecule has 0 aliphatic rings. The highest BCUT2D eigenvalue weighted by molar-refractivity contribution is 5.77. The molecule has 2 aromatic carbocycles. The summed E-state index contributed by atoms with van der Waals surface area (Å²) in [5, 5.41) is 11.9. The van der Waals surface area contributed by atoms with Crippen molar-refractivity contribution in [3.63, 3.8) is 0 Å². The molecular weight excluding hydrogens is 302 g/mol. The Labute approximate surface area is 143 Å². The minimum absolute atomic E-state index is 0.0188. The minimum atomic E-state index is -0.128. The molecule has 2 N–H and O–H groups in total. The van der Waals surface area contributed by atoms with Crippen LogP contribution in [0.1, 0.15) is 36.5 Å². The van der Waals surface area contributed by atoms with Gasteiger partial charge in [-0.25, -0.2) is 0 Å². The summed E-state index contributed by atoms with van der Waals surface area (Å²) in [6.07, 6.45) is 0.750. The molecule has 128 valence electrons. The van der Waals surface area contributed by atoms with Crippen LogP contribution in [0.4, 0.5) is 0 Å². The maximum absolute atomic E-state index is 11.9. The number of hydrogen-bond donors (Lipinski definition) is 2. The second-order valence-corrected chi connectivity index (χ2v) is 6.09. The number of amides is 1. The lowest BCUT2D eigenvalue weighted by Gasteiger charge is -2.10. The zero-order valence-corrected chi connectivity index (χ0v) is 14.3. The normalized spacial score (nSPS) is 10.7. The first-order valence-corrected chi connectivity index (χ1v) is 8.26. The van der Waals surface area contributed by atoms with Gasteiger partial charge in [0.1, 0.15) is 5.75 Å². The van der Waals surface area contributed by atoms with Crippen LogP contribution in [0.25, 0.3) is 0 Å². The van der Waals surface area contributed by atoms with E-state index in [1.807, 2.05) is 42.5 Å². The molecule has 0 atom stereocenters. The van der Waals surface area contributed by atoms with Gasteiger partial charge in [-0.15, -0.1) is 0 Å². The highest BCUT2D eigenvalue weighted by Gasteiger charge is 2.05. The first-order chi connectivity index (χ1) is 11.6. The van der Waals surface area contributed by atoms with E-state index in [-0.39, 0.29) is 19.1 Å². The lowest BCUT2D eigenvalue weighted by Crippen LogP contribution is -2.30. The van der Waals surface area contributed by atoms with Gasteiger partial charge in [0.2, 0.25) is 0 Å². The molecule has 0 fully saturated rings. The lowest BCUT2D eigenvalue weighted by molar-refractivity contribution is -0.123. The molecule has 1 amide bonds. The Morgan fingerprint density at radius 3 is 2.50 bits per heavy atom. The van der Waals surface area contributed by atoms with Crippen LogP contribution in [-0.4, -0.2) is 24.2 Å². The Bertz CT molecular complexity index is 650. The minimum Gasteiger partial charge on any atom is -0.484 e. The van der Waals surface area contributed by atoms with Crippen molar-refractivity contribution in [2.24, 2.45) is 0 Å². The second kappa shape index (κ2) is 9.08. The first-order valence-electron chi connectivity index (χ1n) is 8.26. The maximum Gasteiger partial charge on any atom is 0.257 e. The number of ether oxygens (including phenoxy) is 1. The van der Waals surface area contributed by atoms with Gasteiger partial charge < -0.3 is 15.2 Å². The van der Waals surface area contributed by atoms with Crippen molar-refractivity contribution < 1.29 is 14.6 Å². The summed E-state index contributed by atoms with van der Waals surface area (Å²) in [5.74, 6) is 1.02. The van der Waals surface area contributed by atoms with Gasteiger partial charge >= 0.3 is 0 Å². The van der Waals surface area contributed by atoms with Crippen LogP contribution in [-0.2, 0) is 17.8 Å². The maximum atomic E-state index is 11.9. The SMILES string of the molecule is CC(C)c1cccc(OCC(=O)NCCc2ccc(CO)cc2)c1. The fourth-order valence-electron chi connectivity index (χ4n) is 2.32. The molecule has 0 aliphatic heterocycles. The zero-order valence-electron chi connectivity index (χ0n) is 14.3. The van der Waals surface area contributed by atoms with Gasteiger partial charge in [0, 0.05) is 6.54 Å². The van der Waals surface area contributed by atoms with Gasteiger partial charge in [0.25, 0.3) is 5.91 Å². The van der Waals surface area contributed by atoms with Crippen molar-refractivity contribution >= 4 is 5.91 Å². The van der Waals surface area contributed by atoms with E-state index in [1.54, 1.807) is 0 Å². The third-order valence-corrected chi connectivity index (χ3v) is 3.84. The van der Waals surface area contributed by atoms with Crippen molar-refractivity contribution in [3.05, 3.63) is 65.2 Å². The fraction of sp³-hybridized carbons (Fsp3) is 0.350. The van der Waals surface area contributed by atoms with E-state index in [0.29, 0.717) is 12.5 Å². The molecule has 24 heavy (non-hydrogen) atoms. The highest BCUT2D eigenvalue weighted by Crippen LogP contribution is 2.19.